The van der Waals surface area contributed by atoms with E-state index >= 15 is 0 Å². The van der Waals surface area contributed by atoms with Gasteiger partial charge in [0.2, 0.25) is 0 Å². The predicted molar refractivity (Wildman–Crippen MR) is 25.5 cm³/mol. The second-order valence-electron chi connectivity index (χ2n) is 0.629. The van der Waals surface area contributed by atoms with Gasteiger partial charge in [0, 0.05) is 0 Å². The first kappa shape index (κ1) is 22.8. The van der Waals surface area contributed by atoms with Crippen LogP contribution in [0.1, 0.15) is 2.85 Å². The molecule has 0 amide bonds. The Bertz CT molecular complexity index is 69.8. The molecule has 52 valence electrons. The maximum absolute atomic E-state index is 8.74. The van der Waals surface area contributed by atoms with E-state index in [-0.39, 0.29) is 83.8 Å². The summed E-state index contributed by atoms with van der Waals surface area (Å²) in [4.78, 5) is 14.3. The molecule has 0 radical (unpaired) electrons. The van der Waals surface area contributed by atoms with Gasteiger partial charge in [0.05, 0.1) is 0 Å². The predicted octanol–water partition coefficient (Wildman–Crippen LogP) is -9.43. The Labute approximate surface area is 127 Å². The Morgan fingerprint density at radius 1 is 1.20 bits per heavy atom. The van der Waals surface area contributed by atoms with Crippen molar-refractivity contribution in [2.24, 2.45) is 0 Å². The van der Waals surface area contributed by atoms with Crippen LogP contribution >= 0.6 is 0 Å². The van der Waals surface area contributed by atoms with Gasteiger partial charge < -0.3 is 27.5 Å². The van der Waals surface area contributed by atoms with Crippen LogP contribution in [0.3, 0.4) is 0 Å². The second kappa shape index (κ2) is 17.3. The summed E-state index contributed by atoms with van der Waals surface area (Å²) < 4.78 is 8.74. The van der Waals surface area contributed by atoms with Crippen molar-refractivity contribution in [1.82, 2.24) is 0 Å². The molecule has 6 nitrogen and oxygen atoms in total. The summed E-state index contributed by atoms with van der Waals surface area (Å²) in [7, 11) is -5.30. The minimum Gasteiger partial charge on any atom is -1.00 e. The molecule has 0 saturated heterocycles. The van der Waals surface area contributed by atoms with Crippen molar-refractivity contribution in [2.75, 3.05) is 0 Å². The van der Waals surface area contributed by atoms with Crippen molar-refractivity contribution in [1.29, 1.82) is 0 Å². The van der Waals surface area contributed by atoms with Crippen molar-refractivity contribution in [3.63, 3.8) is 0 Å². The van der Waals surface area contributed by atoms with E-state index in [9.17, 15) is 0 Å². The molecule has 0 atom stereocenters. The average molecular weight is 204 g/mol. The summed E-state index contributed by atoms with van der Waals surface area (Å²) in [6.45, 7) is 0. The normalized spacial score (nSPS) is 5.10. The van der Waals surface area contributed by atoms with Crippen LogP contribution in [0.4, 0.5) is 0 Å². The third kappa shape index (κ3) is 179. The molecule has 5 N–H and O–H groups in total. The summed E-state index contributed by atoms with van der Waals surface area (Å²) in [5.41, 5.74) is 0. The van der Waals surface area contributed by atoms with Gasteiger partial charge in [0.15, 0.2) is 0 Å². The van der Waals surface area contributed by atoms with Crippen LogP contribution < -0.4 is 80.9 Å². The largest absolute Gasteiger partial charge is 1.00 e. The Morgan fingerprint density at radius 2 is 1.20 bits per heavy atom. The maximum atomic E-state index is 8.74. The van der Waals surface area contributed by atoms with Gasteiger partial charge in [-0.2, -0.15) is 0 Å². The molecule has 0 aromatic carbocycles. The summed E-state index contributed by atoms with van der Waals surface area (Å²) in [5.74, 6) is 0. The van der Waals surface area contributed by atoms with Crippen LogP contribution in [-0.2, 0) is 4.46 Å². The second-order valence-corrected chi connectivity index (χ2v) is 1.19. The fourth-order valence-electron chi connectivity index (χ4n) is 0. The first-order chi connectivity index (χ1) is 3.46. The Kier molecular flexibility index (Phi) is 39.4. The fraction of sp³-hybridized carbons (Fsp3) is 0. The first-order valence-corrected chi connectivity index (χ1v) is 2.73. The van der Waals surface area contributed by atoms with Gasteiger partial charge in [-0.3, -0.25) is 4.46 Å². The summed E-state index contributed by atoms with van der Waals surface area (Å²) in [6, 6.07) is 0. The van der Waals surface area contributed by atoms with E-state index in [4.69, 9.17) is 29.1 Å². The van der Waals surface area contributed by atoms with Gasteiger partial charge in [-0.15, -0.1) is 0 Å². The van der Waals surface area contributed by atoms with Crippen LogP contribution in [0.2, 0.25) is 0 Å². The molecule has 0 bridgehead atoms. The number of hydrogen-bond acceptors (Lipinski definition) is 4. The molecule has 0 aromatic heterocycles. The van der Waals surface area contributed by atoms with E-state index in [1.54, 1.807) is 0 Å². The van der Waals surface area contributed by atoms with Gasteiger partial charge in [0.25, 0.3) is 0 Å². The quantitative estimate of drug-likeness (QED) is 0.250. The molecule has 0 aliphatic carbocycles. The zero-order chi connectivity index (χ0) is 7.15. The monoisotopic (exact) mass is 204 g/mol. The zero-order valence-corrected chi connectivity index (χ0v) is 11.8. The molecule has 0 fully saturated rings. The van der Waals surface area contributed by atoms with Crippen molar-refractivity contribution >= 4 is 16.5 Å². The molecule has 0 spiro atoms. The van der Waals surface area contributed by atoms with E-state index in [2.05, 4.69) is 0 Å². The molecule has 0 aliphatic rings. The van der Waals surface area contributed by atoms with Crippen LogP contribution in [-0.4, -0.2) is 41.2 Å². The van der Waals surface area contributed by atoms with Crippen LogP contribution in [0, 0.1) is 0 Å². The van der Waals surface area contributed by atoms with E-state index < -0.39 is 16.5 Å². The smallest absolute Gasteiger partial charge is 1.00 e. The minimum atomic E-state index is -3.13. The van der Waals surface area contributed by atoms with Crippen LogP contribution in [0.15, 0.2) is 0 Å². The van der Waals surface area contributed by atoms with Crippen molar-refractivity contribution in [3.8, 4) is 0 Å². The van der Waals surface area contributed by atoms with E-state index in [0.29, 0.717) is 0 Å². The summed E-state index contributed by atoms with van der Waals surface area (Å²) in [5, 5.41) is 21.5. The molecule has 0 rings (SSSR count). The molecule has 0 aromatic rings. The topological polar surface area (TPSA) is 118 Å². The van der Waals surface area contributed by atoms with Crippen molar-refractivity contribution in [2.45, 2.75) is 0 Å². The van der Waals surface area contributed by atoms with Gasteiger partial charge in [-0.25, -0.2) is 0 Å². The van der Waals surface area contributed by atoms with Gasteiger partial charge in [0.1, 0.15) is 0 Å². The molecule has 10 heteroatoms. The molecule has 0 aliphatic heterocycles. The Morgan fingerprint density at radius 3 is 1.20 bits per heavy atom. The summed E-state index contributed by atoms with van der Waals surface area (Å²) >= 11 is 0. The fourth-order valence-corrected chi connectivity index (χ4v) is 0. The Hall–Kier alpha value is 2.20. The van der Waals surface area contributed by atoms with E-state index in [0.717, 1.165) is 0 Å². The minimum absolute atomic E-state index is 0. The maximum Gasteiger partial charge on any atom is 1.00 e. The molecule has 0 unspecified atom stereocenters. The van der Waals surface area contributed by atoms with Crippen LogP contribution in [0.25, 0.3) is 0 Å². The van der Waals surface area contributed by atoms with Gasteiger partial charge in [-0.05, 0) is 0 Å². The van der Waals surface area contributed by atoms with E-state index in [1.807, 2.05) is 0 Å². The van der Waals surface area contributed by atoms with Crippen molar-refractivity contribution in [3.05, 3.63) is 0 Å². The Balaban J connectivity index is -0.0000000112. The third-order valence-corrected chi connectivity index (χ3v) is 0. The molecule has 0 saturated carbocycles. The van der Waals surface area contributed by atoms with Crippen molar-refractivity contribution < 1.29 is 113 Å². The zero-order valence-electron chi connectivity index (χ0n) is 7.72. The SMILES string of the molecule is O=[Si](O)O.OB(O)O.[H-].[H-].[K+].[Na+]. The van der Waals surface area contributed by atoms with Gasteiger partial charge in [-0.1, -0.05) is 0 Å². The van der Waals surface area contributed by atoms with Crippen LogP contribution in [0.5, 0.6) is 0 Å². The van der Waals surface area contributed by atoms with E-state index in [1.165, 1.54) is 0 Å². The summed E-state index contributed by atoms with van der Waals surface area (Å²) in [6.07, 6.45) is 0. The standard InChI is InChI=1S/BH3O3.K.Na.H2O3Si.2H/c2-1(3)4;;;1-4(2)3;;/h2-4H;;;1-2H;;/q;2*+1;;2*-1. The average Bonchev–Trinajstić information content (AvgIpc) is 1.25. The van der Waals surface area contributed by atoms with Gasteiger partial charge >= 0.3 is 97.4 Å². The third-order valence-electron chi connectivity index (χ3n) is 0. The molecule has 10 heavy (non-hydrogen) atoms. The molecular formula is H7BKNaO6Si. The number of hydrogen-bond donors (Lipinski definition) is 5. The molecule has 0 heterocycles. The number of rotatable bonds is 0. The molecular weight excluding hydrogens is 197 g/mol. The first-order valence-electron chi connectivity index (χ1n) is 1.43.